The van der Waals surface area contributed by atoms with Crippen LogP contribution in [-0.4, -0.2) is 56.4 Å². The standard InChI is InChI=1S/C25H36N6O2S/c1-14(33-6)13-27-24-28-15(2)20(23-30-21-16(3)26-10-9-19(21)34-23)22(31-24)29-18-8-7-17(11-18)12-25(4,5)32/h9-10,14,17-18,32H,7-8,11-13H2,1-6H3,(H2,27,28,29,31). The van der Waals surface area contributed by atoms with E-state index in [-0.39, 0.29) is 6.10 Å². The van der Waals surface area contributed by atoms with E-state index in [1.807, 2.05) is 46.9 Å². The molecule has 4 rings (SSSR count). The Kier molecular flexibility index (Phi) is 7.35. The van der Waals surface area contributed by atoms with Crippen molar-refractivity contribution in [3.05, 3.63) is 23.7 Å². The first-order chi connectivity index (χ1) is 16.1. The van der Waals surface area contributed by atoms with Gasteiger partial charge in [0.1, 0.15) is 16.3 Å². The highest BCUT2D eigenvalue weighted by atomic mass is 32.1. The summed E-state index contributed by atoms with van der Waals surface area (Å²) in [5.74, 6) is 1.89. The van der Waals surface area contributed by atoms with E-state index >= 15 is 0 Å². The lowest BCUT2D eigenvalue weighted by atomic mass is 9.92. The van der Waals surface area contributed by atoms with E-state index in [1.165, 1.54) is 0 Å². The molecule has 9 heteroatoms. The second-order valence-corrected chi connectivity index (χ2v) is 11.1. The van der Waals surface area contributed by atoms with Crippen LogP contribution < -0.4 is 10.6 Å². The van der Waals surface area contributed by atoms with Crippen LogP contribution in [0.5, 0.6) is 0 Å². The van der Waals surface area contributed by atoms with Gasteiger partial charge in [-0.3, -0.25) is 4.98 Å². The Morgan fingerprint density at radius 2 is 2.00 bits per heavy atom. The van der Waals surface area contributed by atoms with Gasteiger partial charge in [-0.15, -0.1) is 11.3 Å². The fraction of sp³-hybridized carbons (Fsp3) is 0.600. The molecule has 34 heavy (non-hydrogen) atoms. The highest BCUT2D eigenvalue weighted by Gasteiger charge is 2.30. The van der Waals surface area contributed by atoms with Crippen LogP contribution in [0.1, 0.15) is 57.8 Å². The van der Waals surface area contributed by atoms with Gasteiger partial charge in [0.15, 0.2) is 0 Å². The molecule has 0 bridgehead atoms. The summed E-state index contributed by atoms with van der Waals surface area (Å²) in [6.45, 7) is 10.4. The molecule has 0 amide bonds. The molecule has 3 heterocycles. The van der Waals surface area contributed by atoms with Crippen LogP contribution in [0.3, 0.4) is 0 Å². The summed E-state index contributed by atoms with van der Waals surface area (Å²) in [5, 5.41) is 18.2. The first-order valence-corrected chi connectivity index (χ1v) is 12.8. The summed E-state index contributed by atoms with van der Waals surface area (Å²) in [7, 11) is 1.70. The fourth-order valence-electron chi connectivity index (χ4n) is 4.71. The second-order valence-electron chi connectivity index (χ2n) is 10.1. The summed E-state index contributed by atoms with van der Waals surface area (Å²) in [6.07, 6.45) is 5.86. The monoisotopic (exact) mass is 484 g/mol. The van der Waals surface area contributed by atoms with Crippen molar-refractivity contribution in [2.75, 3.05) is 24.3 Å². The molecule has 0 saturated heterocycles. The summed E-state index contributed by atoms with van der Waals surface area (Å²) in [4.78, 5) is 19.0. The largest absolute Gasteiger partial charge is 0.390 e. The zero-order valence-electron chi connectivity index (χ0n) is 21.0. The fourth-order valence-corrected chi connectivity index (χ4v) is 5.82. The maximum absolute atomic E-state index is 10.3. The predicted octanol–water partition coefficient (Wildman–Crippen LogP) is 4.95. The van der Waals surface area contributed by atoms with E-state index in [2.05, 4.69) is 15.6 Å². The zero-order valence-corrected chi connectivity index (χ0v) is 21.8. The number of rotatable bonds is 9. The highest BCUT2D eigenvalue weighted by molar-refractivity contribution is 7.21. The van der Waals surface area contributed by atoms with E-state index in [1.54, 1.807) is 18.4 Å². The maximum atomic E-state index is 10.3. The minimum atomic E-state index is -0.641. The molecule has 0 spiro atoms. The molecule has 184 valence electrons. The van der Waals surface area contributed by atoms with E-state index in [0.29, 0.717) is 24.5 Å². The molecule has 0 radical (unpaired) electrons. The molecular formula is C25H36N6O2S. The Balaban J connectivity index is 1.66. The van der Waals surface area contributed by atoms with Gasteiger partial charge in [-0.1, -0.05) is 0 Å². The van der Waals surface area contributed by atoms with Crippen LogP contribution in [0.2, 0.25) is 0 Å². The minimum Gasteiger partial charge on any atom is -0.390 e. The number of aryl methyl sites for hydroxylation is 2. The van der Waals surface area contributed by atoms with Gasteiger partial charge < -0.3 is 20.5 Å². The van der Waals surface area contributed by atoms with Gasteiger partial charge in [-0.2, -0.15) is 4.98 Å². The Morgan fingerprint density at radius 1 is 1.21 bits per heavy atom. The summed E-state index contributed by atoms with van der Waals surface area (Å²) in [6, 6.07) is 2.30. The number of anilines is 2. The topological polar surface area (TPSA) is 105 Å². The summed E-state index contributed by atoms with van der Waals surface area (Å²) >= 11 is 1.64. The molecule has 1 aliphatic rings. The smallest absolute Gasteiger partial charge is 0.224 e. The lowest BCUT2D eigenvalue weighted by Crippen LogP contribution is -2.24. The van der Waals surface area contributed by atoms with Crippen molar-refractivity contribution in [2.45, 2.75) is 78.0 Å². The van der Waals surface area contributed by atoms with E-state index in [4.69, 9.17) is 19.7 Å². The summed E-state index contributed by atoms with van der Waals surface area (Å²) in [5.41, 5.74) is 3.02. The van der Waals surface area contributed by atoms with Gasteiger partial charge >= 0.3 is 0 Å². The molecule has 3 aromatic heterocycles. The van der Waals surface area contributed by atoms with E-state index < -0.39 is 5.60 Å². The molecule has 1 aliphatic carbocycles. The number of pyridine rings is 1. The number of aromatic nitrogens is 4. The maximum Gasteiger partial charge on any atom is 0.224 e. The molecule has 1 saturated carbocycles. The first-order valence-electron chi connectivity index (χ1n) is 12.0. The van der Waals surface area contributed by atoms with E-state index in [9.17, 15) is 5.11 Å². The van der Waals surface area contributed by atoms with Crippen molar-refractivity contribution in [3.63, 3.8) is 0 Å². The number of aliphatic hydroxyl groups is 1. The SMILES string of the molecule is COC(C)CNc1nc(C)c(-c2nc3c(C)nccc3s2)c(NC2CCC(CC(C)(C)O)C2)n1. The van der Waals surface area contributed by atoms with Gasteiger partial charge in [-0.05, 0) is 72.3 Å². The van der Waals surface area contributed by atoms with Gasteiger partial charge in [0.2, 0.25) is 5.95 Å². The van der Waals surface area contributed by atoms with Crippen LogP contribution in [0, 0.1) is 19.8 Å². The van der Waals surface area contributed by atoms with Crippen LogP contribution in [0.15, 0.2) is 12.3 Å². The average Bonchev–Trinajstić information content (AvgIpc) is 3.38. The number of nitrogens with zero attached hydrogens (tertiary/aromatic N) is 4. The molecule has 0 aliphatic heterocycles. The molecule has 3 N–H and O–H groups in total. The molecule has 3 atom stereocenters. The third-order valence-electron chi connectivity index (χ3n) is 6.41. The number of methoxy groups -OCH3 is 1. The third kappa shape index (κ3) is 5.82. The number of fused-ring (bicyclic) bond motifs is 1. The predicted molar refractivity (Wildman–Crippen MR) is 139 cm³/mol. The van der Waals surface area contributed by atoms with Crippen molar-refractivity contribution in [3.8, 4) is 10.6 Å². The number of hydrogen-bond acceptors (Lipinski definition) is 9. The van der Waals surface area contributed by atoms with Gasteiger partial charge in [0.25, 0.3) is 0 Å². The minimum absolute atomic E-state index is 0.0529. The van der Waals surface area contributed by atoms with Crippen molar-refractivity contribution in [1.29, 1.82) is 0 Å². The lowest BCUT2D eigenvalue weighted by molar-refractivity contribution is 0.0534. The third-order valence-corrected chi connectivity index (χ3v) is 7.45. The Hall–Kier alpha value is -2.36. The molecular weight excluding hydrogens is 448 g/mol. The zero-order chi connectivity index (χ0) is 24.5. The molecule has 3 aromatic rings. The molecule has 0 aromatic carbocycles. The number of hydrogen-bond donors (Lipinski definition) is 3. The molecule has 1 fully saturated rings. The van der Waals surface area contributed by atoms with Crippen LogP contribution >= 0.6 is 11.3 Å². The van der Waals surface area contributed by atoms with Crippen molar-refractivity contribution in [1.82, 2.24) is 19.9 Å². The van der Waals surface area contributed by atoms with Crippen LogP contribution in [0.25, 0.3) is 20.8 Å². The highest BCUT2D eigenvalue weighted by Crippen LogP contribution is 2.39. The first kappa shape index (κ1) is 24.8. The Bertz CT molecular complexity index is 1140. The average molecular weight is 485 g/mol. The Labute approximate surface area is 205 Å². The summed E-state index contributed by atoms with van der Waals surface area (Å²) < 4.78 is 6.47. The molecule has 8 nitrogen and oxygen atoms in total. The lowest BCUT2D eigenvalue weighted by Gasteiger charge is -2.22. The molecule has 3 unspecified atom stereocenters. The number of ether oxygens (including phenoxy) is 1. The second kappa shape index (κ2) is 10.1. The van der Waals surface area contributed by atoms with Gasteiger partial charge in [0, 0.05) is 25.9 Å². The van der Waals surface area contributed by atoms with Crippen LogP contribution in [-0.2, 0) is 4.74 Å². The quantitative estimate of drug-likeness (QED) is 0.392. The van der Waals surface area contributed by atoms with Crippen molar-refractivity contribution in [2.24, 2.45) is 5.92 Å². The number of thiazole rings is 1. The van der Waals surface area contributed by atoms with E-state index in [0.717, 1.165) is 63.7 Å². The van der Waals surface area contributed by atoms with Gasteiger partial charge in [-0.25, -0.2) is 9.97 Å². The Morgan fingerprint density at radius 3 is 2.71 bits per heavy atom. The van der Waals surface area contributed by atoms with Gasteiger partial charge in [0.05, 0.1) is 33.4 Å². The normalized spacial score (nSPS) is 19.5. The van der Waals surface area contributed by atoms with Crippen molar-refractivity contribution >= 4 is 33.3 Å². The number of nitrogens with one attached hydrogen (secondary N) is 2. The van der Waals surface area contributed by atoms with Crippen LogP contribution in [0.4, 0.5) is 11.8 Å². The van der Waals surface area contributed by atoms with Crippen molar-refractivity contribution < 1.29 is 9.84 Å².